The quantitative estimate of drug-likeness (QED) is 0.899. The van der Waals surface area contributed by atoms with Crippen molar-refractivity contribution in [2.24, 2.45) is 16.6 Å². The van der Waals surface area contributed by atoms with Crippen molar-refractivity contribution < 1.29 is 9.47 Å². The summed E-state index contributed by atoms with van der Waals surface area (Å²) in [7, 11) is 1.69. The predicted molar refractivity (Wildman–Crippen MR) is 77.7 cm³/mol. The van der Waals surface area contributed by atoms with Gasteiger partial charge in [0.2, 0.25) is 0 Å². The maximum Gasteiger partial charge on any atom is 0.154 e. The molecule has 1 aromatic rings. The first-order chi connectivity index (χ1) is 9.26. The minimum atomic E-state index is -0.375. The zero-order valence-corrected chi connectivity index (χ0v) is 11.8. The van der Waals surface area contributed by atoms with Crippen LogP contribution in [0.15, 0.2) is 29.3 Å². The lowest BCUT2D eigenvalue weighted by Crippen LogP contribution is -2.47. The second kappa shape index (κ2) is 5.06. The third-order valence-corrected chi connectivity index (χ3v) is 4.88. The van der Waals surface area contributed by atoms with Gasteiger partial charge in [0.05, 0.1) is 13.7 Å². The lowest BCUT2D eigenvalue weighted by molar-refractivity contribution is 0.00356. The lowest BCUT2D eigenvalue weighted by atomic mass is 9.76. The van der Waals surface area contributed by atoms with Crippen LogP contribution in [-0.2, 0) is 10.3 Å². The van der Waals surface area contributed by atoms with Gasteiger partial charge in [0.1, 0.15) is 11.3 Å². The zero-order chi connectivity index (χ0) is 13.3. The summed E-state index contributed by atoms with van der Waals surface area (Å²) in [5.41, 5.74) is 6.69. The van der Waals surface area contributed by atoms with Gasteiger partial charge in [-0.25, -0.2) is 4.99 Å². The molecular formula is C14H18N2O2S. The molecule has 2 N–H and O–H groups in total. The van der Waals surface area contributed by atoms with Gasteiger partial charge < -0.3 is 15.2 Å². The standard InChI is InChI=1S/C14H18N2O2S/c1-17-12-5-3-2-4-11(12)14-9-18-7-6-10(14)8-19-13(15)16-14/h2-5,10H,6-9H2,1H3,(H2,15,16)/t10-,14-/m0/s1. The number of nitrogens with zero attached hydrogens (tertiary/aromatic N) is 1. The molecular weight excluding hydrogens is 260 g/mol. The molecule has 0 bridgehead atoms. The maximum atomic E-state index is 5.97. The van der Waals surface area contributed by atoms with E-state index in [4.69, 9.17) is 20.2 Å². The van der Waals surface area contributed by atoms with E-state index in [9.17, 15) is 0 Å². The van der Waals surface area contributed by atoms with Crippen molar-refractivity contribution in [2.45, 2.75) is 12.0 Å². The van der Waals surface area contributed by atoms with Crippen molar-refractivity contribution in [2.75, 3.05) is 26.1 Å². The first-order valence-corrected chi connectivity index (χ1v) is 7.44. The van der Waals surface area contributed by atoms with Crippen molar-refractivity contribution in [1.29, 1.82) is 0 Å². The second-order valence-corrected chi connectivity index (χ2v) is 5.96. The average molecular weight is 278 g/mol. The van der Waals surface area contributed by atoms with E-state index < -0.39 is 0 Å². The van der Waals surface area contributed by atoms with E-state index in [2.05, 4.69) is 6.07 Å². The minimum Gasteiger partial charge on any atom is -0.496 e. The fraction of sp³-hybridized carbons (Fsp3) is 0.500. The van der Waals surface area contributed by atoms with Crippen molar-refractivity contribution >= 4 is 16.9 Å². The Kier molecular flexibility index (Phi) is 3.41. The van der Waals surface area contributed by atoms with Gasteiger partial charge in [-0.2, -0.15) is 0 Å². The third-order valence-electron chi connectivity index (χ3n) is 3.92. The van der Waals surface area contributed by atoms with Gasteiger partial charge in [-0.05, 0) is 12.5 Å². The molecule has 102 valence electrons. The van der Waals surface area contributed by atoms with Crippen LogP contribution in [0.4, 0.5) is 0 Å². The van der Waals surface area contributed by atoms with Gasteiger partial charge in [0.25, 0.3) is 0 Å². The van der Waals surface area contributed by atoms with Gasteiger partial charge in [-0.3, -0.25) is 0 Å². The lowest BCUT2D eigenvalue weighted by Gasteiger charge is -2.44. The molecule has 0 unspecified atom stereocenters. The largest absolute Gasteiger partial charge is 0.496 e. The summed E-state index contributed by atoms with van der Waals surface area (Å²) in [6.45, 7) is 1.39. The van der Waals surface area contributed by atoms with E-state index in [-0.39, 0.29) is 5.54 Å². The van der Waals surface area contributed by atoms with E-state index >= 15 is 0 Å². The molecule has 0 amide bonds. The van der Waals surface area contributed by atoms with Crippen LogP contribution in [0.5, 0.6) is 5.75 Å². The minimum absolute atomic E-state index is 0.375. The fourth-order valence-electron chi connectivity index (χ4n) is 2.93. The first kappa shape index (κ1) is 12.8. The van der Waals surface area contributed by atoms with Gasteiger partial charge in [-0.1, -0.05) is 30.0 Å². The number of hydrogen-bond acceptors (Lipinski definition) is 5. The number of amidine groups is 1. The van der Waals surface area contributed by atoms with Crippen molar-refractivity contribution in [3.8, 4) is 5.75 Å². The SMILES string of the molecule is COc1ccccc1[C@]12COCC[C@H]1CSC(N)=N2. The Morgan fingerprint density at radius 2 is 2.32 bits per heavy atom. The molecule has 1 fully saturated rings. The van der Waals surface area contributed by atoms with E-state index in [1.807, 2.05) is 18.2 Å². The first-order valence-electron chi connectivity index (χ1n) is 6.45. The molecule has 5 heteroatoms. The summed E-state index contributed by atoms with van der Waals surface area (Å²) in [5, 5.41) is 0.646. The summed E-state index contributed by atoms with van der Waals surface area (Å²) in [4.78, 5) is 4.77. The summed E-state index contributed by atoms with van der Waals surface area (Å²) in [6.07, 6.45) is 1.02. The van der Waals surface area contributed by atoms with Gasteiger partial charge >= 0.3 is 0 Å². The number of nitrogens with two attached hydrogens (primary N) is 1. The van der Waals surface area contributed by atoms with Crippen molar-refractivity contribution in [1.82, 2.24) is 0 Å². The van der Waals surface area contributed by atoms with Crippen LogP contribution in [-0.4, -0.2) is 31.2 Å². The number of hydrogen-bond donors (Lipinski definition) is 1. The molecule has 2 atom stereocenters. The number of ether oxygens (including phenoxy) is 2. The molecule has 19 heavy (non-hydrogen) atoms. The van der Waals surface area contributed by atoms with Crippen LogP contribution in [0.1, 0.15) is 12.0 Å². The fourth-order valence-corrected chi connectivity index (χ4v) is 3.97. The van der Waals surface area contributed by atoms with E-state index in [1.54, 1.807) is 18.9 Å². The predicted octanol–water partition coefficient (Wildman–Crippen LogP) is 1.99. The molecule has 0 saturated carbocycles. The Balaban J connectivity index is 2.13. The number of benzene rings is 1. The molecule has 0 spiro atoms. The van der Waals surface area contributed by atoms with Crippen LogP contribution in [0, 0.1) is 5.92 Å². The highest BCUT2D eigenvalue weighted by atomic mass is 32.2. The molecule has 0 aliphatic carbocycles. The Morgan fingerprint density at radius 3 is 3.16 bits per heavy atom. The summed E-state index contributed by atoms with van der Waals surface area (Å²) >= 11 is 1.64. The molecule has 1 aromatic carbocycles. The normalized spacial score (nSPS) is 30.4. The summed E-state index contributed by atoms with van der Waals surface area (Å²) < 4.78 is 11.2. The highest BCUT2D eigenvalue weighted by Gasteiger charge is 2.47. The average Bonchev–Trinajstić information content (AvgIpc) is 2.47. The van der Waals surface area contributed by atoms with E-state index in [0.717, 1.165) is 30.1 Å². The monoisotopic (exact) mass is 278 g/mol. The molecule has 0 aromatic heterocycles. The molecule has 1 saturated heterocycles. The zero-order valence-electron chi connectivity index (χ0n) is 11.0. The number of para-hydroxylation sites is 1. The molecule has 2 heterocycles. The molecule has 4 nitrogen and oxygen atoms in total. The van der Waals surface area contributed by atoms with E-state index in [0.29, 0.717) is 17.7 Å². The van der Waals surface area contributed by atoms with Gasteiger partial charge in [0.15, 0.2) is 5.17 Å². The van der Waals surface area contributed by atoms with Crippen LogP contribution in [0.25, 0.3) is 0 Å². The van der Waals surface area contributed by atoms with Crippen LogP contribution >= 0.6 is 11.8 Å². The Labute approximate surface area is 117 Å². The van der Waals surface area contributed by atoms with Gasteiger partial charge in [0, 0.05) is 23.8 Å². The Morgan fingerprint density at radius 1 is 1.47 bits per heavy atom. The van der Waals surface area contributed by atoms with Crippen LogP contribution < -0.4 is 10.5 Å². The van der Waals surface area contributed by atoms with Gasteiger partial charge in [-0.15, -0.1) is 0 Å². The van der Waals surface area contributed by atoms with E-state index in [1.165, 1.54) is 0 Å². The molecule has 2 aliphatic rings. The smallest absolute Gasteiger partial charge is 0.154 e. The summed E-state index contributed by atoms with van der Waals surface area (Å²) in [5.74, 6) is 2.31. The maximum absolute atomic E-state index is 5.97. The number of aliphatic imine (C=N–C) groups is 1. The molecule has 3 rings (SSSR count). The number of methoxy groups -OCH3 is 1. The summed E-state index contributed by atoms with van der Waals surface area (Å²) in [6, 6.07) is 8.05. The number of fused-ring (bicyclic) bond motifs is 1. The van der Waals surface area contributed by atoms with Crippen LogP contribution in [0.3, 0.4) is 0 Å². The highest BCUT2D eigenvalue weighted by Crippen LogP contribution is 2.47. The highest BCUT2D eigenvalue weighted by molar-refractivity contribution is 8.13. The third kappa shape index (κ3) is 2.11. The van der Waals surface area contributed by atoms with Crippen molar-refractivity contribution in [3.05, 3.63) is 29.8 Å². The Bertz CT molecular complexity index is 506. The number of thioether (sulfide) groups is 1. The second-order valence-electron chi connectivity index (χ2n) is 4.92. The number of rotatable bonds is 2. The Hall–Kier alpha value is -1.20. The molecule has 2 aliphatic heterocycles. The van der Waals surface area contributed by atoms with Crippen LogP contribution in [0.2, 0.25) is 0 Å². The topological polar surface area (TPSA) is 56.8 Å². The van der Waals surface area contributed by atoms with Crippen molar-refractivity contribution in [3.63, 3.8) is 0 Å². The molecule has 0 radical (unpaired) electrons.